The fourth-order valence-corrected chi connectivity index (χ4v) is 5.18. The lowest BCUT2D eigenvalue weighted by molar-refractivity contribution is -0.120. The van der Waals surface area contributed by atoms with Gasteiger partial charge in [-0.3, -0.25) is 9.10 Å². The zero-order valence-electron chi connectivity index (χ0n) is 20.7. The Morgan fingerprint density at radius 1 is 0.914 bits per heavy atom. The van der Waals surface area contributed by atoms with E-state index >= 15 is 0 Å². The van der Waals surface area contributed by atoms with Crippen molar-refractivity contribution in [2.24, 2.45) is 0 Å². The van der Waals surface area contributed by atoms with Gasteiger partial charge in [-0.1, -0.05) is 42.8 Å². The Balaban J connectivity index is 1.97. The van der Waals surface area contributed by atoms with Crippen LogP contribution in [0, 0.1) is 13.8 Å². The maximum atomic E-state index is 13.7. The molecule has 0 aliphatic carbocycles. The number of aryl methyl sites for hydroxylation is 2. The van der Waals surface area contributed by atoms with Gasteiger partial charge in [0, 0.05) is 0 Å². The fraction of sp³-hybridized carbons (Fsp3) is 0.296. The van der Waals surface area contributed by atoms with Crippen molar-refractivity contribution in [1.82, 2.24) is 5.32 Å². The van der Waals surface area contributed by atoms with Gasteiger partial charge in [-0.05, 0) is 67.8 Å². The molecule has 0 aliphatic heterocycles. The predicted molar refractivity (Wildman–Crippen MR) is 138 cm³/mol. The number of sulfonamides is 1. The third kappa shape index (κ3) is 6.14. The molecule has 0 radical (unpaired) electrons. The minimum absolute atomic E-state index is 0.0988. The Morgan fingerprint density at radius 2 is 1.54 bits per heavy atom. The van der Waals surface area contributed by atoms with E-state index in [1.165, 1.54) is 7.11 Å². The number of methoxy groups -OCH3 is 2. The molecule has 0 aliphatic rings. The highest BCUT2D eigenvalue weighted by atomic mass is 32.2. The molecule has 1 amide bonds. The van der Waals surface area contributed by atoms with E-state index in [0.29, 0.717) is 17.9 Å². The molecule has 3 aromatic carbocycles. The minimum atomic E-state index is -4.06. The summed E-state index contributed by atoms with van der Waals surface area (Å²) >= 11 is 0. The van der Waals surface area contributed by atoms with Crippen LogP contribution in [0.2, 0.25) is 0 Å². The van der Waals surface area contributed by atoms with Crippen molar-refractivity contribution >= 4 is 21.6 Å². The van der Waals surface area contributed by atoms with Crippen molar-refractivity contribution in [3.05, 3.63) is 83.4 Å². The summed E-state index contributed by atoms with van der Waals surface area (Å²) in [6.07, 6.45) is 0.635. The number of nitrogens with one attached hydrogen (secondary N) is 1. The smallest absolute Gasteiger partial charge is 0.264 e. The van der Waals surface area contributed by atoms with E-state index in [2.05, 4.69) is 5.32 Å². The summed E-state index contributed by atoms with van der Waals surface area (Å²) in [5, 5.41) is 2.98. The quantitative estimate of drug-likeness (QED) is 0.437. The van der Waals surface area contributed by atoms with Crippen LogP contribution in [0.25, 0.3) is 0 Å². The molecule has 0 bridgehead atoms. The summed E-state index contributed by atoms with van der Waals surface area (Å²) in [7, 11) is -0.988. The van der Waals surface area contributed by atoms with Crippen LogP contribution >= 0.6 is 0 Å². The van der Waals surface area contributed by atoms with Crippen molar-refractivity contribution in [1.29, 1.82) is 0 Å². The van der Waals surface area contributed by atoms with Gasteiger partial charge < -0.3 is 14.8 Å². The second kappa shape index (κ2) is 11.3. The first-order valence-corrected chi connectivity index (χ1v) is 12.8. The van der Waals surface area contributed by atoms with Crippen LogP contribution in [-0.2, 0) is 14.8 Å². The van der Waals surface area contributed by atoms with Crippen molar-refractivity contribution in [3.8, 4) is 11.5 Å². The zero-order chi connectivity index (χ0) is 25.6. The second-order valence-corrected chi connectivity index (χ2v) is 10.2. The van der Waals surface area contributed by atoms with Gasteiger partial charge in [-0.15, -0.1) is 0 Å². The summed E-state index contributed by atoms with van der Waals surface area (Å²) in [6.45, 7) is 5.30. The Labute approximate surface area is 207 Å². The molecule has 0 heterocycles. The number of carbonyl (C=O) groups is 1. The molecule has 1 N–H and O–H groups in total. The molecule has 0 unspecified atom stereocenters. The Kier molecular flexibility index (Phi) is 8.40. The average molecular weight is 497 g/mol. The first-order valence-electron chi connectivity index (χ1n) is 11.4. The third-order valence-electron chi connectivity index (χ3n) is 5.76. The van der Waals surface area contributed by atoms with E-state index in [0.717, 1.165) is 26.7 Å². The van der Waals surface area contributed by atoms with Gasteiger partial charge in [-0.25, -0.2) is 8.42 Å². The van der Waals surface area contributed by atoms with Gasteiger partial charge in [0.25, 0.3) is 10.0 Å². The molecule has 3 aromatic rings. The molecule has 0 fully saturated rings. The molecular formula is C27H32N2O5S. The molecular weight excluding hydrogens is 464 g/mol. The van der Waals surface area contributed by atoms with Gasteiger partial charge in [0.15, 0.2) is 0 Å². The largest absolute Gasteiger partial charge is 0.497 e. The monoisotopic (exact) mass is 496 g/mol. The van der Waals surface area contributed by atoms with Crippen LogP contribution in [0.15, 0.2) is 71.6 Å². The molecule has 8 heteroatoms. The van der Waals surface area contributed by atoms with Gasteiger partial charge in [0.05, 0.1) is 30.8 Å². The van der Waals surface area contributed by atoms with E-state index < -0.39 is 22.5 Å². The molecule has 0 saturated carbocycles. The number of benzene rings is 3. The molecule has 0 spiro atoms. The first-order chi connectivity index (χ1) is 16.7. The van der Waals surface area contributed by atoms with Crippen molar-refractivity contribution in [3.63, 3.8) is 0 Å². The number of rotatable bonds is 10. The number of nitrogens with zero attached hydrogens (tertiary/aromatic N) is 1. The van der Waals surface area contributed by atoms with E-state index in [1.54, 1.807) is 43.5 Å². The highest BCUT2D eigenvalue weighted by Gasteiger charge is 2.30. The number of carbonyl (C=O) groups excluding carboxylic acids is 1. The highest BCUT2D eigenvalue weighted by molar-refractivity contribution is 7.92. The van der Waals surface area contributed by atoms with Crippen LogP contribution < -0.4 is 19.1 Å². The van der Waals surface area contributed by atoms with Crippen LogP contribution in [0.5, 0.6) is 11.5 Å². The number of ether oxygens (including phenoxy) is 2. The summed E-state index contributed by atoms with van der Waals surface area (Å²) in [5.41, 5.74) is 2.99. The maximum Gasteiger partial charge on any atom is 0.264 e. The topological polar surface area (TPSA) is 84.9 Å². The van der Waals surface area contributed by atoms with Crippen molar-refractivity contribution < 1.29 is 22.7 Å². The summed E-state index contributed by atoms with van der Waals surface area (Å²) in [6, 6.07) is 18.9. The molecule has 186 valence electrons. The van der Waals surface area contributed by atoms with Gasteiger partial charge in [-0.2, -0.15) is 0 Å². The van der Waals surface area contributed by atoms with Crippen LogP contribution in [0.1, 0.15) is 36.1 Å². The van der Waals surface area contributed by atoms with E-state index in [1.807, 2.05) is 51.1 Å². The standard InChI is InChI=1S/C27H32N2O5S/c1-6-24(21-10-12-22(33-4)13-11-21)28-27(30)18-29(25-17-20(3)9-16-26(25)34-5)35(31,32)23-14-7-19(2)8-15-23/h7-17,24H,6,18H2,1-5H3,(H,28,30)/t24-/m1/s1. The predicted octanol–water partition coefficient (Wildman–Crippen LogP) is 4.78. The van der Waals surface area contributed by atoms with Crippen LogP contribution in [0.3, 0.4) is 0 Å². The van der Waals surface area contributed by atoms with E-state index in [9.17, 15) is 13.2 Å². The van der Waals surface area contributed by atoms with Gasteiger partial charge >= 0.3 is 0 Å². The van der Waals surface area contributed by atoms with E-state index in [4.69, 9.17) is 9.47 Å². The molecule has 7 nitrogen and oxygen atoms in total. The SMILES string of the molecule is CC[C@@H](NC(=O)CN(c1cc(C)ccc1OC)S(=O)(=O)c1ccc(C)cc1)c1ccc(OC)cc1. The number of hydrogen-bond donors (Lipinski definition) is 1. The number of amides is 1. The lowest BCUT2D eigenvalue weighted by Gasteiger charge is -2.27. The lowest BCUT2D eigenvalue weighted by Crippen LogP contribution is -2.42. The van der Waals surface area contributed by atoms with Crippen LogP contribution in [0.4, 0.5) is 5.69 Å². The number of hydrogen-bond acceptors (Lipinski definition) is 5. The van der Waals surface area contributed by atoms with Crippen molar-refractivity contribution in [2.45, 2.75) is 38.1 Å². The average Bonchev–Trinajstić information content (AvgIpc) is 2.86. The Bertz CT molecular complexity index is 1260. The molecule has 35 heavy (non-hydrogen) atoms. The third-order valence-corrected chi connectivity index (χ3v) is 7.53. The second-order valence-electron chi connectivity index (χ2n) is 8.30. The van der Waals surface area contributed by atoms with E-state index in [-0.39, 0.29) is 10.9 Å². The molecule has 1 atom stereocenters. The lowest BCUT2D eigenvalue weighted by atomic mass is 10.0. The normalized spacial score (nSPS) is 12.0. The van der Waals surface area contributed by atoms with Gasteiger partial charge in [0.2, 0.25) is 5.91 Å². The fourth-order valence-electron chi connectivity index (χ4n) is 3.76. The highest BCUT2D eigenvalue weighted by Crippen LogP contribution is 2.33. The summed E-state index contributed by atoms with van der Waals surface area (Å²) in [4.78, 5) is 13.3. The minimum Gasteiger partial charge on any atom is -0.497 e. The zero-order valence-corrected chi connectivity index (χ0v) is 21.6. The molecule has 3 rings (SSSR count). The Hall–Kier alpha value is -3.52. The van der Waals surface area contributed by atoms with Gasteiger partial charge in [0.1, 0.15) is 18.0 Å². The first kappa shape index (κ1) is 26.1. The van der Waals surface area contributed by atoms with Crippen molar-refractivity contribution in [2.75, 3.05) is 25.1 Å². The maximum absolute atomic E-state index is 13.7. The summed E-state index contributed by atoms with van der Waals surface area (Å²) in [5.74, 6) is 0.657. The summed E-state index contributed by atoms with van der Waals surface area (Å²) < 4.78 is 39.2. The Morgan fingerprint density at radius 3 is 2.11 bits per heavy atom. The molecule has 0 aromatic heterocycles. The number of anilines is 1. The molecule has 0 saturated heterocycles. The van der Waals surface area contributed by atoms with Crippen LogP contribution in [-0.4, -0.2) is 35.1 Å².